The smallest absolute Gasteiger partial charge is 0.315 e. The molecular formula is C12H23F3N2. The molecule has 0 aromatic rings. The van der Waals surface area contributed by atoms with Gasteiger partial charge in [0.05, 0.1) is 6.54 Å². The minimum absolute atomic E-state index is 0.00988. The van der Waals surface area contributed by atoms with Gasteiger partial charge in [-0.05, 0) is 32.2 Å². The Balaban J connectivity index is 2.47. The lowest BCUT2D eigenvalue weighted by atomic mass is 10.1. The van der Waals surface area contributed by atoms with Crippen molar-refractivity contribution in [3.05, 3.63) is 0 Å². The van der Waals surface area contributed by atoms with Gasteiger partial charge >= 0.3 is 6.18 Å². The molecule has 1 atom stereocenters. The molecule has 102 valence electrons. The predicted molar refractivity (Wildman–Crippen MR) is 63.0 cm³/mol. The first kappa shape index (κ1) is 14.8. The molecular weight excluding hydrogens is 229 g/mol. The highest BCUT2D eigenvalue weighted by molar-refractivity contribution is 4.90. The van der Waals surface area contributed by atoms with Crippen molar-refractivity contribution in [1.29, 1.82) is 0 Å². The number of hydrogen-bond donors (Lipinski definition) is 1. The van der Waals surface area contributed by atoms with Crippen molar-refractivity contribution >= 4 is 0 Å². The average molecular weight is 252 g/mol. The molecule has 0 aromatic heterocycles. The third-order valence-corrected chi connectivity index (χ3v) is 3.12. The van der Waals surface area contributed by atoms with Gasteiger partial charge in [0.25, 0.3) is 0 Å². The van der Waals surface area contributed by atoms with Gasteiger partial charge in [0.15, 0.2) is 0 Å². The first-order chi connectivity index (χ1) is 7.98. The molecule has 1 fully saturated rings. The largest absolute Gasteiger partial charge is 0.401 e. The van der Waals surface area contributed by atoms with E-state index in [2.05, 4.69) is 12.2 Å². The van der Waals surface area contributed by atoms with Gasteiger partial charge in [-0.25, -0.2) is 0 Å². The van der Waals surface area contributed by atoms with Gasteiger partial charge in [0.2, 0.25) is 0 Å². The maximum Gasteiger partial charge on any atom is 0.401 e. The van der Waals surface area contributed by atoms with E-state index in [1.165, 1.54) is 0 Å². The lowest BCUT2D eigenvalue weighted by molar-refractivity contribution is -0.152. The van der Waals surface area contributed by atoms with E-state index in [1.807, 2.05) is 6.92 Å². The van der Waals surface area contributed by atoms with E-state index < -0.39 is 12.7 Å². The summed E-state index contributed by atoms with van der Waals surface area (Å²) in [5, 5.41) is 3.23. The second-order valence-electron chi connectivity index (χ2n) is 4.78. The molecule has 0 saturated heterocycles. The summed E-state index contributed by atoms with van der Waals surface area (Å²) in [6.07, 6.45) is -0.468. The topological polar surface area (TPSA) is 15.3 Å². The SMILES string of the molecule is CCCNCC(CC)N(CC(F)(F)F)C1CC1. The van der Waals surface area contributed by atoms with Crippen LogP contribution in [0.15, 0.2) is 0 Å². The summed E-state index contributed by atoms with van der Waals surface area (Å²) in [6.45, 7) is 4.80. The number of hydrogen-bond acceptors (Lipinski definition) is 2. The van der Waals surface area contributed by atoms with Crippen LogP contribution in [0.2, 0.25) is 0 Å². The van der Waals surface area contributed by atoms with Gasteiger partial charge in [0, 0.05) is 18.6 Å². The minimum Gasteiger partial charge on any atom is -0.315 e. The van der Waals surface area contributed by atoms with Crippen LogP contribution in [0.5, 0.6) is 0 Å². The summed E-state index contributed by atoms with van der Waals surface area (Å²) < 4.78 is 37.6. The van der Waals surface area contributed by atoms with Crippen LogP contribution in [0.1, 0.15) is 39.5 Å². The molecule has 2 nitrogen and oxygen atoms in total. The van der Waals surface area contributed by atoms with Gasteiger partial charge in [-0.2, -0.15) is 13.2 Å². The minimum atomic E-state index is -4.08. The normalized spacial score (nSPS) is 18.7. The van der Waals surface area contributed by atoms with E-state index in [4.69, 9.17) is 0 Å². The number of halogens is 3. The van der Waals surface area contributed by atoms with Crippen molar-refractivity contribution in [2.45, 2.75) is 57.8 Å². The van der Waals surface area contributed by atoms with E-state index in [0.717, 1.165) is 32.2 Å². The standard InChI is InChI=1S/C12H23F3N2/c1-3-7-16-8-10(4-2)17(11-5-6-11)9-12(13,14)15/h10-11,16H,3-9H2,1-2H3. The summed E-state index contributed by atoms with van der Waals surface area (Å²) >= 11 is 0. The quantitative estimate of drug-likeness (QED) is 0.668. The molecule has 0 amide bonds. The fraction of sp³-hybridized carbons (Fsp3) is 1.00. The first-order valence-electron chi connectivity index (χ1n) is 6.51. The number of nitrogens with one attached hydrogen (secondary N) is 1. The number of rotatable bonds is 8. The monoisotopic (exact) mass is 252 g/mol. The van der Waals surface area contributed by atoms with Crippen molar-refractivity contribution in [2.75, 3.05) is 19.6 Å². The highest BCUT2D eigenvalue weighted by Gasteiger charge is 2.40. The summed E-state index contributed by atoms with van der Waals surface area (Å²) in [7, 11) is 0. The lowest BCUT2D eigenvalue weighted by Crippen LogP contribution is -2.47. The van der Waals surface area contributed by atoms with Crippen molar-refractivity contribution < 1.29 is 13.2 Å². The van der Waals surface area contributed by atoms with E-state index in [0.29, 0.717) is 6.54 Å². The van der Waals surface area contributed by atoms with Gasteiger partial charge in [-0.1, -0.05) is 13.8 Å². The zero-order valence-corrected chi connectivity index (χ0v) is 10.7. The molecule has 0 bridgehead atoms. The van der Waals surface area contributed by atoms with E-state index in [9.17, 15) is 13.2 Å². The maximum absolute atomic E-state index is 12.5. The molecule has 1 aliphatic rings. The Kier molecular flexibility index (Phi) is 5.73. The molecule has 1 saturated carbocycles. The molecule has 1 unspecified atom stereocenters. The summed E-state index contributed by atoms with van der Waals surface area (Å²) in [6, 6.07) is 0.167. The molecule has 1 N–H and O–H groups in total. The van der Waals surface area contributed by atoms with Crippen molar-refractivity contribution in [2.24, 2.45) is 0 Å². The molecule has 0 aromatic carbocycles. The van der Waals surface area contributed by atoms with Gasteiger partial charge in [-0.3, -0.25) is 4.90 Å². The van der Waals surface area contributed by atoms with E-state index >= 15 is 0 Å². The Bertz CT molecular complexity index is 214. The van der Waals surface area contributed by atoms with Crippen LogP contribution in [-0.2, 0) is 0 Å². The molecule has 5 heteroatoms. The third-order valence-electron chi connectivity index (χ3n) is 3.12. The third kappa shape index (κ3) is 5.73. The molecule has 1 rings (SSSR count). The van der Waals surface area contributed by atoms with Crippen LogP contribution in [-0.4, -0.2) is 42.8 Å². The number of nitrogens with zero attached hydrogens (tertiary/aromatic N) is 1. The van der Waals surface area contributed by atoms with Gasteiger partial charge in [-0.15, -0.1) is 0 Å². The fourth-order valence-corrected chi connectivity index (χ4v) is 2.11. The van der Waals surface area contributed by atoms with Crippen LogP contribution in [0.25, 0.3) is 0 Å². The van der Waals surface area contributed by atoms with Crippen LogP contribution in [0, 0.1) is 0 Å². The van der Waals surface area contributed by atoms with Gasteiger partial charge in [0.1, 0.15) is 0 Å². The summed E-state index contributed by atoms with van der Waals surface area (Å²) in [4.78, 5) is 1.64. The lowest BCUT2D eigenvalue weighted by Gasteiger charge is -2.32. The zero-order chi connectivity index (χ0) is 12.9. The second kappa shape index (κ2) is 6.59. The predicted octanol–water partition coefficient (Wildman–Crippen LogP) is 2.79. The molecule has 0 spiro atoms. The maximum atomic E-state index is 12.5. The average Bonchev–Trinajstić information content (AvgIpc) is 3.04. The Hall–Kier alpha value is -0.290. The number of alkyl halides is 3. The Labute approximate surface area is 102 Å². The Morgan fingerprint density at radius 2 is 1.94 bits per heavy atom. The van der Waals surface area contributed by atoms with Gasteiger partial charge < -0.3 is 5.32 Å². The highest BCUT2D eigenvalue weighted by atomic mass is 19.4. The first-order valence-corrected chi connectivity index (χ1v) is 6.51. The fourth-order valence-electron chi connectivity index (χ4n) is 2.11. The molecule has 17 heavy (non-hydrogen) atoms. The van der Waals surface area contributed by atoms with Crippen molar-refractivity contribution in [3.8, 4) is 0 Å². The molecule has 1 aliphatic carbocycles. The van der Waals surface area contributed by atoms with Crippen LogP contribution >= 0.6 is 0 Å². The molecule has 0 radical (unpaired) electrons. The molecule has 0 aliphatic heterocycles. The van der Waals surface area contributed by atoms with Crippen molar-refractivity contribution in [3.63, 3.8) is 0 Å². The zero-order valence-electron chi connectivity index (χ0n) is 10.7. The summed E-state index contributed by atoms with van der Waals surface area (Å²) in [5.74, 6) is 0. The van der Waals surface area contributed by atoms with Crippen LogP contribution < -0.4 is 5.32 Å². The molecule has 0 heterocycles. The van der Waals surface area contributed by atoms with E-state index in [-0.39, 0.29) is 12.1 Å². The Morgan fingerprint density at radius 3 is 2.35 bits per heavy atom. The van der Waals surface area contributed by atoms with Crippen molar-refractivity contribution in [1.82, 2.24) is 10.2 Å². The Morgan fingerprint density at radius 1 is 1.29 bits per heavy atom. The highest BCUT2D eigenvalue weighted by Crippen LogP contribution is 2.32. The van der Waals surface area contributed by atoms with E-state index in [1.54, 1.807) is 4.90 Å². The second-order valence-corrected chi connectivity index (χ2v) is 4.78. The van der Waals surface area contributed by atoms with Crippen LogP contribution in [0.3, 0.4) is 0 Å². The van der Waals surface area contributed by atoms with Crippen LogP contribution in [0.4, 0.5) is 13.2 Å². The summed E-state index contributed by atoms with van der Waals surface area (Å²) in [5.41, 5.74) is 0.